The van der Waals surface area contributed by atoms with Gasteiger partial charge in [0.1, 0.15) is 5.84 Å². The van der Waals surface area contributed by atoms with Gasteiger partial charge in [-0.05, 0) is 17.2 Å². The van der Waals surface area contributed by atoms with E-state index >= 15 is 0 Å². The average molecular weight is 236 g/mol. The summed E-state index contributed by atoms with van der Waals surface area (Å²) in [4.78, 5) is 6.78. The minimum absolute atomic E-state index is 0.890. The van der Waals surface area contributed by atoms with Gasteiger partial charge in [-0.25, -0.2) is 0 Å². The fourth-order valence-corrected chi connectivity index (χ4v) is 2.58. The summed E-state index contributed by atoms with van der Waals surface area (Å²) in [6, 6.07) is 6.15. The highest BCUT2D eigenvalue weighted by atomic mass is 35.5. The molecule has 84 valence electrons. The van der Waals surface area contributed by atoms with Crippen molar-refractivity contribution in [3.8, 4) is 0 Å². The highest BCUT2D eigenvalue weighted by Crippen LogP contribution is 2.28. The van der Waals surface area contributed by atoms with Gasteiger partial charge in [0.05, 0.1) is 13.1 Å². The van der Waals surface area contributed by atoms with Crippen LogP contribution in [0.15, 0.2) is 23.2 Å². The molecule has 0 spiro atoms. The Bertz CT molecular complexity index is 442. The van der Waals surface area contributed by atoms with Crippen molar-refractivity contribution >= 4 is 17.4 Å². The molecular formula is C12H14ClN3. The summed E-state index contributed by atoms with van der Waals surface area (Å²) in [6.07, 6.45) is 0. The highest BCUT2D eigenvalue weighted by Gasteiger charge is 2.22. The number of hydrogen-bond acceptors (Lipinski definition) is 3. The fraction of sp³-hybridized carbons (Fsp3) is 0.417. The lowest BCUT2D eigenvalue weighted by Crippen LogP contribution is -2.31. The number of amidine groups is 1. The summed E-state index contributed by atoms with van der Waals surface area (Å²) in [5.74, 6) is 1.11. The van der Waals surface area contributed by atoms with Crippen molar-refractivity contribution in [1.29, 1.82) is 0 Å². The van der Waals surface area contributed by atoms with Crippen molar-refractivity contribution in [2.45, 2.75) is 13.1 Å². The Kier molecular flexibility index (Phi) is 2.58. The van der Waals surface area contributed by atoms with Crippen LogP contribution in [0.25, 0.3) is 0 Å². The summed E-state index contributed by atoms with van der Waals surface area (Å²) in [5, 5.41) is 4.19. The van der Waals surface area contributed by atoms with E-state index in [9.17, 15) is 0 Å². The van der Waals surface area contributed by atoms with E-state index in [1.54, 1.807) is 0 Å². The number of nitrogens with zero attached hydrogens (tertiary/aromatic N) is 2. The van der Waals surface area contributed by atoms with Gasteiger partial charge in [0.25, 0.3) is 0 Å². The summed E-state index contributed by atoms with van der Waals surface area (Å²) in [7, 11) is 0. The molecule has 0 amide bonds. The van der Waals surface area contributed by atoms with Crippen molar-refractivity contribution in [3.63, 3.8) is 0 Å². The van der Waals surface area contributed by atoms with Crippen molar-refractivity contribution in [2.75, 3.05) is 19.6 Å². The third-order valence-corrected chi connectivity index (χ3v) is 3.46. The molecule has 0 aromatic heterocycles. The number of aliphatic imine (C=N–C) groups is 1. The molecule has 0 saturated carbocycles. The molecule has 3 rings (SSSR count). The first-order valence-electron chi connectivity index (χ1n) is 5.59. The van der Waals surface area contributed by atoms with Crippen molar-refractivity contribution < 1.29 is 0 Å². The van der Waals surface area contributed by atoms with Gasteiger partial charge in [-0.15, -0.1) is 0 Å². The van der Waals surface area contributed by atoms with Crippen molar-refractivity contribution in [1.82, 2.24) is 10.2 Å². The van der Waals surface area contributed by atoms with Gasteiger partial charge in [-0.1, -0.05) is 23.7 Å². The van der Waals surface area contributed by atoms with E-state index in [4.69, 9.17) is 11.6 Å². The second-order valence-electron chi connectivity index (χ2n) is 4.28. The lowest BCUT2D eigenvalue weighted by molar-refractivity contribution is 0.324. The summed E-state index contributed by atoms with van der Waals surface area (Å²) in [6.45, 7) is 4.73. The number of rotatable bonds is 2. The normalized spacial score (nSPS) is 19.4. The topological polar surface area (TPSA) is 27.6 Å². The molecule has 1 aromatic rings. The van der Waals surface area contributed by atoms with Gasteiger partial charge in [0, 0.05) is 24.7 Å². The number of fused-ring (bicyclic) bond motifs is 1. The lowest BCUT2D eigenvalue weighted by Gasteiger charge is -2.14. The third kappa shape index (κ3) is 1.81. The fourth-order valence-electron chi connectivity index (χ4n) is 2.33. The van der Waals surface area contributed by atoms with Crippen LogP contribution in [-0.4, -0.2) is 30.4 Å². The van der Waals surface area contributed by atoms with Crippen LogP contribution < -0.4 is 5.32 Å². The molecule has 1 N–H and O–H groups in total. The van der Waals surface area contributed by atoms with E-state index in [0.29, 0.717) is 0 Å². The minimum atomic E-state index is 0.890. The Labute approximate surface area is 100 Å². The van der Waals surface area contributed by atoms with Crippen molar-refractivity contribution in [2.24, 2.45) is 4.99 Å². The molecule has 16 heavy (non-hydrogen) atoms. The van der Waals surface area contributed by atoms with Gasteiger partial charge >= 0.3 is 0 Å². The predicted octanol–water partition coefficient (Wildman–Crippen LogP) is 1.66. The Morgan fingerprint density at radius 1 is 1.38 bits per heavy atom. The first kappa shape index (κ1) is 10.1. The van der Waals surface area contributed by atoms with Gasteiger partial charge in [0.15, 0.2) is 0 Å². The van der Waals surface area contributed by atoms with Gasteiger partial charge < -0.3 is 5.32 Å². The maximum Gasteiger partial charge on any atom is 0.111 e. The van der Waals surface area contributed by atoms with Crippen LogP contribution in [0.2, 0.25) is 5.02 Å². The Hall–Kier alpha value is -1.06. The summed E-state index contributed by atoms with van der Waals surface area (Å²) < 4.78 is 0. The molecule has 0 unspecified atom stereocenters. The maximum absolute atomic E-state index is 6.18. The van der Waals surface area contributed by atoms with Crippen molar-refractivity contribution in [3.05, 3.63) is 34.3 Å². The van der Waals surface area contributed by atoms with Gasteiger partial charge in [-0.3, -0.25) is 9.89 Å². The lowest BCUT2D eigenvalue weighted by atomic mass is 10.1. The molecule has 1 aromatic carbocycles. The van der Waals surface area contributed by atoms with E-state index in [-0.39, 0.29) is 0 Å². The molecule has 0 radical (unpaired) electrons. The molecule has 4 heteroatoms. The third-order valence-electron chi connectivity index (χ3n) is 3.11. The van der Waals surface area contributed by atoms with Crippen LogP contribution in [0.1, 0.15) is 11.1 Å². The summed E-state index contributed by atoms with van der Waals surface area (Å²) in [5.41, 5.74) is 2.63. The highest BCUT2D eigenvalue weighted by molar-refractivity contribution is 6.31. The van der Waals surface area contributed by atoms with Gasteiger partial charge in [-0.2, -0.15) is 0 Å². The molecule has 2 heterocycles. The maximum atomic E-state index is 6.18. The standard InChI is InChI=1S/C12H14ClN3/c13-11-3-1-2-9-6-16(7-10(9)11)8-12-14-4-5-15-12/h1-3H,4-8H2,(H,14,15). The average Bonchev–Trinajstić information content (AvgIpc) is 2.88. The zero-order valence-electron chi connectivity index (χ0n) is 9.04. The molecule has 0 aliphatic carbocycles. The van der Waals surface area contributed by atoms with Crippen LogP contribution >= 0.6 is 11.6 Å². The second kappa shape index (κ2) is 4.07. The molecule has 0 saturated heterocycles. The Morgan fingerprint density at radius 2 is 2.31 bits per heavy atom. The monoisotopic (exact) mass is 235 g/mol. The van der Waals surface area contributed by atoms with Crippen LogP contribution in [0.4, 0.5) is 0 Å². The zero-order valence-corrected chi connectivity index (χ0v) is 9.80. The molecule has 0 bridgehead atoms. The van der Waals surface area contributed by atoms with E-state index in [0.717, 1.165) is 43.6 Å². The van der Waals surface area contributed by atoms with E-state index in [1.807, 2.05) is 12.1 Å². The molecule has 0 fully saturated rings. The second-order valence-corrected chi connectivity index (χ2v) is 4.69. The molecule has 2 aliphatic heterocycles. The summed E-state index contributed by atoms with van der Waals surface area (Å²) >= 11 is 6.18. The van der Waals surface area contributed by atoms with Crippen LogP contribution in [0, 0.1) is 0 Å². The number of hydrogen-bond donors (Lipinski definition) is 1. The first-order valence-corrected chi connectivity index (χ1v) is 5.96. The molecular weight excluding hydrogens is 222 g/mol. The molecule has 0 atom stereocenters. The first-order chi connectivity index (χ1) is 7.83. The minimum Gasteiger partial charge on any atom is -0.371 e. The number of halogens is 1. The Morgan fingerprint density at radius 3 is 3.06 bits per heavy atom. The molecule has 2 aliphatic rings. The number of nitrogens with one attached hydrogen (secondary N) is 1. The largest absolute Gasteiger partial charge is 0.371 e. The van der Waals surface area contributed by atoms with E-state index in [1.165, 1.54) is 11.1 Å². The zero-order chi connectivity index (χ0) is 11.0. The quantitative estimate of drug-likeness (QED) is 0.844. The SMILES string of the molecule is Clc1cccc2c1CN(CC1=NCCN1)C2. The molecule has 3 nitrogen and oxygen atoms in total. The predicted molar refractivity (Wildman–Crippen MR) is 65.9 cm³/mol. The van der Waals surface area contributed by atoms with E-state index < -0.39 is 0 Å². The smallest absolute Gasteiger partial charge is 0.111 e. The van der Waals surface area contributed by atoms with Crippen LogP contribution in [-0.2, 0) is 13.1 Å². The number of benzene rings is 1. The van der Waals surface area contributed by atoms with Crippen LogP contribution in [0.5, 0.6) is 0 Å². The van der Waals surface area contributed by atoms with Gasteiger partial charge in [0.2, 0.25) is 0 Å². The Balaban J connectivity index is 1.73. The van der Waals surface area contributed by atoms with Crippen LogP contribution in [0.3, 0.4) is 0 Å². The van der Waals surface area contributed by atoms with E-state index in [2.05, 4.69) is 21.3 Å².